The monoisotopic (exact) mass is 276 g/mol. The van der Waals surface area contributed by atoms with Crippen molar-refractivity contribution in [3.63, 3.8) is 0 Å². The van der Waals surface area contributed by atoms with E-state index >= 15 is 0 Å². The molecule has 0 fully saturated rings. The van der Waals surface area contributed by atoms with E-state index in [9.17, 15) is 9.59 Å². The first-order valence-electron chi connectivity index (χ1n) is 6.96. The average Bonchev–Trinajstić information content (AvgIpc) is 2.68. The Bertz CT molecular complexity index is 461. The molecule has 1 aromatic carbocycles. The first-order chi connectivity index (χ1) is 9.70. The predicted molar refractivity (Wildman–Crippen MR) is 75.5 cm³/mol. The van der Waals surface area contributed by atoms with Crippen molar-refractivity contribution in [2.45, 2.75) is 19.8 Å². The Morgan fingerprint density at radius 2 is 1.80 bits per heavy atom. The number of ether oxygens (including phenoxy) is 1. The third-order valence-electron chi connectivity index (χ3n) is 3.40. The Hall–Kier alpha value is -2.04. The number of nitrogens with zero attached hydrogens (tertiary/aromatic N) is 1. The Labute approximate surface area is 118 Å². The molecule has 0 saturated heterocycles. The number of hydrogen-bond acceptors (Lipinski definition) is 3. The van der Waals surface area contributed by atoms with Crippen LogP contribution in [0.4, 0.5) is 4.79 Å². The first kappa shape index (κ1) is 14.4. The van der Waals surface area contributed by atoms with E-state index < -0.39 is 5.97 Å². The lowest BCUT2D eigenvalue weighted by Gasteiger charge is -2.20. The second-order valence-corrected chi connectivity index (χ2v) is 4.72. The van der Waals surface area contributed by atoms with Crippen LogP contribution in [0.15, 0.2) is 24.3 Å². The van der Waals surface area contributed by atoms with Gasteiger partial charge in [0.15, 0.2) is 0 Å². The maximum absolute atomic E-state index is 12.0. The number of benzene rings is 1. The van der Waals surface area contributed by atoms with Crippen LogP contribution in [0.25, 0.3) is 0 Å². The van der Waals surface area contributed by atoms with Gasteiger partial charge in [0, 0.05) is 13.1 Å². The molecule has 0 radical (unpaired) electrons. The lowest BCUT2D eigenvalue weighted by Crippen LogP contribution is -2.43. The SMILES string of the molecule is CCOC(=O)CNC(=O)N1CCc2ccccc2CC1. The molecule has 1 aromatic rings. The van der Waals surface area contributed by atoms with Gasteiger partial charge in [-0.25, -0.2) is 4.79 Å². The van der Waals surface area contributed by atoms with Gasteiger partial charge < -0.3 is 15.0 Å². The fraction of sp³-hybridized carbons (Fsp3) is 0.467. The average molecular weight is 276 g/mol. The molecule has 1 heterocycles. The van der Waals surface area contributed by atoms with Crippen LogP contribution < -0.4 is 5.32 Å². The van der Waals surface area contributed by atoms with Crippen LogP contribution in [0.3, 0.4) is 0 Å². The summed E-state index contributed by atoms with van der Waals surface area (Å²) in [7, 11) is 0. The van der Waals surface area contributed by atoms with Crippen LogP contribution in [0, 0.1) is 0 Å². The fourth-order valence-corrected chi connectivity index (χ4v) is 2.34. The zero-order valence-corrected chi connectivity index (χ0v) is 11.7. The highest BCUT2D eigenvalue weighted by Gasteiger charge is 2.18. The van der Waals surface area contributed by atoms with Gasteiger partial charge in [-0.2, -0.15) is 0 Å². The fourth-order valence-electron chi connectivity index (χ4n) is 2.34. The highest BCUT2D eigenvalue weighted by atomic mass is 16.5. The normalized spacial score (nSPS) is 14.2. The summed E-state index contributed by atoms with van der Waals surface area (Å²) in [6.07, 6.45) is 1.70. The van der Waals surface area contributed by atoms with Crippen molar-refractivity contribution < 1.29 is 14.3 Å². The van der Waals surface area contributed by atoms with Crippen LogP contribution in [0.5, 0.6) is 0 Å². The predicted octanol–water partition coefficient (Wildman–Crippen LogP) is 1.36. The standard InChI is InChI=1S/C15H20N2O3/c1-2-20-14(18)11-16-15(19)17-9-7-12-5-3-4-6-13(12)8-10-17/h3-6H,2,7-11H2,1H3,(H,16,19). The summed E-state index contributed by atoms with van der Waals surface area (Å²) >= 11 is 0. The Balaban J connectivity index is 1.86. The summed E-state index contributed by atoms with van der Waals surface area (Å²) in [4.78, 5) is 25.0. The number of hydrogen-bond donors (Lipinski definition) is 1. The van der Waals surface area contributed by atoms with E-state index in [0.717, 1.165) is 12.8 Å². The maximum Gasteiger partial charge on any atom is 0.325 e. The van der Waals surface area contributed by atoms with Crippen molar-refractivity contribution in [1.29, 1.82) is 0 Å². The Kier molecular flexibility index (Phi) is 4.98. The van der Waals surface area contributed by atoms with Gasteiger partial charge in [-0.3, -0.25) is 4.79 Å². The van der Waals surface area contributed by atoms with Crippen LogP contribution in [0.2, 0.25) is 0 Å². The minimum Gasteiger partial charge on any atom is -0.465 e. The molecule has 0 saturated carbocycles. The summed E-state index contributed by atoms with van der Waals surface area (Å²) in [5.74, 6) is -0.404. The summed E-state index contributed by atoms with van der Waals surface area (Å²) in [5, 5.41) is 2.60. The molecule has 0 unspecified atom stereocenters. The molecule has 108 valence electrons. The van der Waals surface area contributed by atoms with Crippen molar-refractivity contribution in [3.8, 4) is 0 Å². The van der Waals surface area contributed by atoms with Gasteiger partial charge >= 0.3 is 12.0 Å². The number of amides is 2. The molecule has 1 aliphatic heterocycles. The molecule has 20 heavy (non-hydrogen) atoms. The van der Waals surface area contributed by atoms with Gasteiger partial charge in [0.25, 0.3) is 0 Å². The minimum absolute atomic E-state index is 0.0733. The largest absolute Gasteiger partial charge is 0.465 e. The molecular formula is C15H20N2O3. The van der Waals surface area contributed by atoms with Crippen molar-refractivity contribution in [2.75, 3.05) is 26.2 Å². The maximum atomic E-state index is 12.0. The molecular weight excluding hydrogens is 256 g/mol. The summed E-state index contributed by atoms with van der Waals surface area (Å²) in [6, 6.07) is 8.06. The number of esters is 1. The van der Waals surface area contributed by atoms with E-state index in [1.54, 1.807) is 11.8 Å². The Morgan fingerprint density at radius 3 is 2.35 bits per heavy atom. The van der Waals surface area contributed by atoms with Gasteiger partial charge in [-0.05, 0) is 30.9 Å². The molecule has 1 aliphatic rings. The molecule has 0 aliphatic carbocycles. The molecule has 0 bridgehead atoms. The van der Waals surface area contributed by atoms with Gasteiger partial charge in [-0.15, -0.1) is 0 Å². The van der Waals surface area contributed by atoms with Crippen LogP contribution in [0.1, 0.15) is 18.1 Å². The summed E-state index contributed by atoms with van der Waals surface area (Å²) in [5.41, 5.74) is 2.60. The highest BCUT2D eigenvalue weighted by molar-refractivity contribution is 5.80. The highest BCUT2D eigenvalue weighted by Crippen LogP contribution is 2.15. The molecule has 2 rings (SSSR count). The van der Waals surface area contributed by atoms with Gasteiger partial charge in [0.2, 0.25) is 0 Å². The van der Waals surface area contributed by atoms with Crippen LogP contribution in [-0.2, 0) is 22.4 Å². The number of carbonyl (C=O) groups excluding carboxylic acids is 2. The second kappa shape index (κ2) is 6.93. The van der Waals surface area contributed by atoms with Crippen LogP contribution in [-0.4, -0.2) is 43.1 Å². The van der Waals surface area contributed by atoms with E-state index in [1.165, 1.54) is 11.1 Å². The van der Waals surface area contributed by atoms with E-state index in [2.05, 4.69) is 17.4 Å². The molecule has 2 amide bonds. The quantitative estimate of drug-likeness (QED) is 0.848. The zero-order valence-electron chi connectivity index (χ0n) is 11.7. The van der Waals surface area contributed by atoms with E-state index in [4.69, 9.17) is 4.74 Å². The zero-order chi connectivity index (χ0) is 14.4. The lowest BCUT2D eigenvalue weighted by molar-refractivity contribution is -0.141. The van der Waals surface area contributed by atoms with Crippen LogP contribution >= 0.6 is 0 Å². The molecule has 1 N–H and O–H groups in total. The second-order valence-electron chi connectivity index (χ2n) is 4.72. The number of rotatable bonds is 3. The lowest BCUT2D eigenvalue weighted by atomic mass is 10.0. The van der Waals surface area contributed by atoms with Gasteiger partial charge in [0.05, 0.1) is 6.61 Å². The van der Waals surface area contributed by atoms with Crippen molar-refractivity contribution >= 4 is 12.0 Å². The Morgan fingerprint density at radius 1 is 1.20 bits per heavy atom. The number of carbonyl (C=O) groups is 2. The van der Waals surface area contributed by atoms with E-state index in [-0.39, 0.29) is 12.6 Å². The minimum atomic E-state index is -0.404. The molecule has 5 heteroatoms. The molecule has 0 aromatic heterocycles. The topological polar surface area (TPSA) is 58.6 Å². The van der Waals surface area contributed by atoms with Gasteiger partial charge in [-0.1, -0.05) is 24.3 Å². The number of nitrogens with one attached hydrogen (secondary N) is 1. The van der Waals surface area contributed by atoms with Crippen molar-refractivity contribution in [3.05, 3.63) is 35.4 Å². The van der Waals surface area contributed by atoms with Crippen molar-refractivity contribution in [2.24, 2.45) is 0 Å². The third kappa shape index (κ3) is 3.73. The number of fused-ring (bicyclic) bond motifs is 1. The van der Waals surface area contributed by atoms with E-state index in [1.807, 2.05) is 12.1 Å². The molecule has 5 nitrogen and oxygen atoms in total. The first-order valence-corrected chi connectivity index (χ1v) is 6.96. The summed E-state index contributed by atoms with van der Waals surface area (Å²) < 4.78 is 4.78. The smallest absolute Gasteiger partial charge is 0.325 e. The van der Waals surface area contributed by atoms with Gasteiger partial charge in [0.1, 0.15) is 6.54 Å². The summed E-state index contributed by atoms with van der Waals surface area (Å²) in [6.45, 7) is 3.34. The van der Waals surface area contributed by atoms with Crippen molar-refractivity contribution in [1.82, 2.24) is 10.2 Å². The van der Waals surface area contributed by atoms with E-state index in [0.29, 0.717) is 19.7 Å². The molecule has 0 spiro atoms. The molecule has 0 atom stereocenters. The number of urea groups is 1. The third-order valence-corrected chi connectivity index (χ3v) is 3.40.